The molecule has 3 rings (SSSR count). The quantitative estimate of drug-likeness (QED) is 0.907. The zero-order valence-corrected chi connectivity index (χ0v) is 12.8. The molecule has 22 heavy (non-hydrogen) atoms. The van der Waals surface area contributed by atoms with Gasteiger partial charge in [0.2, 0.25) is 0 Å². The van der Waals surface area contributed by atoms with Gasteiger partial charge in [0.25, 0.3) is 5.91 Å². The molecule has 0 saturated carbocycles. The van der Waals surface area contributed by atoms with Crippen LogP contribution in [0.15, 0.2) is 30.3 Å². The lowest BCUT2D eigenvalue weighted by molar-refractivity contribution is -0.0251. The first kappa shape index (κ1) is 14.9. The molecule has 1 amide bonds. The molecule has 1 aromatic heterocycles. The van der Waals surface area contributed by atoms with Gasteiger partial charge in [-0.3, -0.25) is 9.78 Å². The van der Waals surface area contributed by atoms with Crippen LogP contribution in [0.2, 0.25) is 0 Å². The summed E-state index contributed by atoms with van der Waals surface area (Å²) in [6.07, 6.45) is 0.270. The van der Waals surface area contributed by atoms with Gasteiger partial charge >= 0.3 is 0 Å². The van der Waals surface area contributed by atoms with Gasteiger partial charge in [-0.05, 0) is 38.1 Å². The number of hydrogen-bond donors (Lipinski definition) is 2. The van der Waals surface area contributed by atoms with Gasteiger partial charge in [-0.1, -0.05) is 6.07 Å². The molecular weight excluding hydrogens is 280 g/mol. The highest BCUT2D eigenvalue weighted by Crippen LogP contribution is 2.25. The van der Waals surface area contributed by atoms with E-state index >= 15 is 0 Å². The molecule has 1 saturated heterocycles. The molecule has 1 aromatic carbocycles. The molecule has 2 heterocycles. The maximum absolute atomic E-state index is 12.3. The minimum absolute atomic E-state index is 0.192. The molecule has 2 atom stereocenters. The number of hydrogen-bond acceptors (Lipinski definition) is 4. The number of carbonyl (C=O) groups excluding carboxylic acids is 1. The van der Waals surface area contributed by atoms with Gasteiger partial charge in [0, 0.05) is 36.2 Å². The first-order chi connectivity index (χ1) is 10.5. The molecule has 0 spiro atoms. The summed E-state index contributed by atoms with van der Waals surface area (Å²) in [5.74, 6) is -0.199. The number of aromatic nitrogens is 1. The summed E-state index contributed by atoms with van der Waals surface area (Å²) in [5.41, 5.74) is 1.40. The van der Waals surface area contributed by atoms with E-state index in [0.717, 1.165) is 16.6 Å². The standard InChI is InChI=1S/C17H20N2O3/c1-11-3-4-13-9-14(5-6-15(13)19-11)16(20)18-10-17(21)7-8-22-12(17)2/h3-6,9,12,21H,7-8,10H2,1-2H3,(H,18,20). The third-order valence-electron chi connectivity index (χ3n) is 4.31. The number of rotatable bonds is 3. The summed E-state index contributed by atoms with van der Waals surface area (Å²) in [4.78, 5) is 16.7. The van der Waals surface area contributed by atoms with E-state index in [4.69, 9.17) is 4.74 Å². The van der Waals surface area contributed by atoms with Crippen molar-refractivity contribution in [3.8, 4) is 0 Å². The molecule has 0 bridgehead atoms. The lowest BCUT2D eigenvalue weighted by atomic mass is 9.96. The fourth-order valence-corrected chi connectivity index (χ4v) is 2.71. The van der Waals surface area contributed by atoms with Crippen LogP contribution in [-0.4, -0.2) is 40.9 Å². The first-order valence-corrected chi connectivity index (χ1v) is 7.47. The molecule has 0 radical (unpaired) electrons. The highest BCUT2D eigenvalue weighted by molar-refractivity contribution is 5.97. The Morgan fingerprint density at radius 2 is 2.27 bits per heavy atom. The lowest BCUT2D eigenvalue weighted by Gasteiger charge is -2.26. The average Bonchev–Trinajstić information content (AvgIpc) is 2.84. The summed E-state index contributed by atoms with van der Waals surface area (Å²) in [6, 6.07) is 9.28. The van der Waals surface area contributed by atoms with Crippen molar-refractivity contribution >= 4 is 16.8 Å². The Balaban J connectivity index is 1.73. The second-order valence-corrected chi connectivity index (χ2v) is 5.91. The Labute approximate surface area is 129 Å². The van der Waals surface area contributed by atoms with E-state index in [9.17, 15) is 9.90 Å². The Morgan fingerprint density at radius 3 is 3.00 bits per heavy atom. The van der Waals surface area contributed by atoms with E-state index in [1.54, 1.807) is 6.07 Å². The first-order valence-electron chi connectivity index (χ1n) is 7.47. The van der Waals surface area contributed by atoms with Gasteiger partial charge in [0.1, 0.15) is 5.60 Å². The van der Waals surface area contributed by atoms with Crippen molar-refractivity contribution in [2.45, 2.75) is 32.0 Å². The molecule has 116 valence electrons. The third kappa shape index (κ3) is 2.82. The molecule has 1 aliphatic heterocycles. The van der Waals surface area contributed by atoms with Crippen LogP contribution in [0.5, 0.6) is 0 Å². The molecule has 5 heteroatoms. The molecule has 0 aliphatic carbocycles. The van der Waals surface area contributed by atoms with Crippen LogP contribution in [0.25, 0.3) is 10.9 Å². The van der Waals surface area contributed by atoms with Gasteiger partial charge in [-0.2, -0.15) is 0 Å². The number of nitrogens with one attached hydrogen (secondary N) is 1. The fraction of sp³-hybridized carbons (Fsp3) is 0.412. The number of fused-ring (bicyclic) bond motifs is 1. The second kappa shape index (κ2) is 5.66. The summed E-state index contributed by atoms with van der Waals surface area (Å²) in [6.45, 7) is 4.47. The van der Waals surface area contributed by atoms with Crippen LogP contribution in [0.4, 0.5) is 0 Å². The van der Waals surface area contributed by atoms with E-state index < -0.39 is 5.60 Å². The van der Waals surface area contributed by atoms with Crippen LogP contribution in [-0.2, 0) is 4.74 Å². The number of nitrogens with zero attached hydrogens (tertiary/aromatic N) is 1. The number of amides is 1. The van der Waals surface area contributed by atoms with Gasteiger partial charge in [-0.25, -0.2) is 0 Å². The van der Waals surface area contributed by atoms with E-state index in [0.29, 0.717) is 18.6 Å². The molecular formula is C17H20N2O3. The van der Waals surface area contributed by atoms with Crippen LogP contribution >= 0.6 is 0 Å². The monoisotopic (exact) mass is 300 g/mol. The van der Waals surface area contributed by atoms with Crippen LogP contribution in [0.3, 0.4) is 0 Å². The van der Waals surface area contributed by atoms with Gasteiger partial charge in [0.05, 0.1) is 11.6 Å². The van der Waals surface area contributed by atoms with Crippen molar-refractivity contribution in [1.82, 2.24) is 10.3 Å². The summed E-state index contributed by atoms with van der Waals surface area (Å²) in [5, 5.41) is 14.1. The van der Waals surface area contributed by atoms with Gasteiger partial charge in [0.15, 0.2) is 0 Å². The summed E-state index contributed by atoms with van der Waals surface area (Å²) < 4.78 is 5.37. The number of carbonyl (C=O) groups is 1. The van der Waals surface area contributed by atoms with Crippen LogP contribution in [0, 0.1) is 6.92 Å². The summed E-state index contributed by atoms with van der Waals surface area (Å²) in [7, 11) is 0. The van der Waals surface area contributed by atoms with Crippen molar-refractivity contribution in [1.29, 1.82) is 0 Å². The fourth-order valence-electron chi connectivity index (χ4n) is 2.71. The predicted molar refractivity (Wildman–Crippen MR) is 83.8 cm³/mol. The Bertz CT molecular complexity index is 716. The average molecular weight is 300 g/mol. The topological polar surface area (TPSA) is 71.5 Å². The zero-order valence-electron chi connectivity index (χ0n) is 12.8. The van der Waals surface area contributed by atoms with E-state index in [2.05, 4.69) is 10.3 Å². The van der Waals surface area contributed by atoms with Crippen molar-refractivity contribution in [3.05, 3.63) is 41.6 Å². The number of aryl methyl sites for hydroxylation is 1. The SMILES string of the molecule is Cc1ccc2cc(C(=O)NCC3(O)CCOC3C)ccc2n1. The van der Waals surface area contributed by atoms with Crippen molar-refractivity contribution in [2.75, 3.05) is 13.2 Å². The van der Waals surface area contributed by atoms with Gasteiger partial charge in [-0.15, -0.1) is 0 Å². The van der Waals surface area contributed by atoms with Gasteiger partial charge < -0.3 is 15.2 Å². The Morgan fingerprint density at radius 1 is 1.45 bits per heavy atom. The maximum Gasteiger partial charge on any atom is 0.251 e. The maximum atomic E-state index is 12.3. The largest absolute Gasteiger partial charge is 0.385 e. The Kier molecular flexibility index (Phi) is 3.85. The second-order valence-electron chi connectivity index (χ2n) is 5.91. The molecule has 2 unspecified atom stereocenters. The number of benzene rings is 1. The molecule has 1 aliphatic rings. The van der Waals surface area contributed by atoms with Crippen LogP contribution < -0.4 is 5.32 Å². The van der Waals surface area contributed by atoms with E-state index in [-0.39, 0.29) is 18.6 Å². The smallest absolute Gasteiger partial charge is 0.251 e. The molecule has 2 N–H and O–H groups in total. The lowest BCUT2D eigenvalue weighted by Crippen LogP contribution is -2.47. The molecule has 5 nitrogen and oxygen atoms in total. The normalized spacial score (nSPS) is 24.6. The van der Waals surface area contributed by atoms with E-state index in [1.165, 1.54) is 0 Å². The minimum atomic E-state index is -0.981. The molecule has 1 fully saturated rings. The highest BCUT2D eigenvalue weighted by atomic mass is 16.5. The number of ether oxygens (including phenoxy) is 1. The van der Waals surface area contributed by atoms with Crippen molar-refractivity contribution < 1.29 is 14.6 Å². The highest BCUT2D eigenvalue weighted by Gasteiger charge is 2.39. The predicted octanol–water partition coefficient (Wildman–Crippen LogP) is 1.81. The van der Waals surface area contributed by atoms with E-state index in [1.807, 2.05) is 38.1 Å². The molecule has 2 aromatic rings. The van der Waals surface area contributed by atoms with Crippen LogP contribution in [0.1, 0.15) is 29.4 Å². The zero-order chi connectivity index (χ0) is 15.7. The third-order valence-corrected chi connectivity index (χ3v) is 4.31. The minimum Gasteiger partial charge on any atom is -0.385 e. The Hall–Kier alpha value is -1.98. The van der Waals surface area contributed by atoms with Crippen molar-refractivity contribution in [2.24, 2.45) is 0 Å². The summed E-state index contributed by atoms with van der Waals surface area (Å²) >= 11 is 0. The number of pyridine rings is 1. The number of aliphatic hydroxyl groups is 1. The van der Waals surface area contributed by atoms with Crippen molar-refractivity contribution in [3.63, 3.8) is 0 Å².